The molecule has 1 aliphatic heterocycles. The Balaban J connectivity index is 1.69. The van der Waals surface area contributed by atoms with E-state index in [-0.39, 0.29) is 6.03 Å². The number of carbonyl (C=O) groups excluding carboxylic acids is 1. The van der Waals surface area contributed by atoms with Crippen molar-refractivity contribution in [3.05, 3.63) is 54.6 Å². The monoisotopic (exact) mass is 334 g/mol. The number of nitrogens with one attached hydrogen (secondary N) is 2. The van der Waals surface area contributed by atoms with Crippen molar-refractivity contribution in [2.24, 2.45) is 0 Å². The van der Waals surface area contributed by atoms with Crippen LogP contribution in [-0.2, 0) is 0 Å². The van der Waals surface area contributed by atoms with Gasteiger partial charge in [-0.25, -0.2) is 4.79 Å². The van der Waals surface area contributed by atoms with Crippen molar-refractivity contribution in [1.82, 2.24) is 14.8 Å². The van der Waals surface area contributed by atoms with Crippen LogP contribution in [0, 0.1) is 0 Å². The molecule has 128 valence electrons. The average molecular weight is 334 g/mol. The molecule has 1 aromatic heterocycles. The summed E-state index contributed by atoms with van der Waals surface area (Å²) in [5.41, 5.74) is 3.89. The summed E-state index contributed by atoms with van der Waals surface area (Å²) in [6, 6.07) is 18.2. The second-order valence-electron chi connectivity index (χ2n) is 6.51. The van der Waals surface area contributed by atoms with E-state index < -0.39 is 0 Å². The highest BCUT2D eigenvalue weighted by Gasteiger charge is 2.22. The zero-order valence-electron chi connectivity index (χ0n) is 14.3. The number of benzene rings is 2. The Kier molecular flexibility index (Phi) is 4.15. The average Bonchev–Trinajstić information content (AvgIpc) is 3.02. The molecule has 0 radical (unpaired) electrons. The number of piperazine rings is 1. The predicted octanol–water partition coefficient (Wildman–Crippen LogP) is 3.61. The maximum absolute atomic E-state index is 12.8. The summed E-state index contributed by atoms with van der Waals surface area (Å²) in [5.74, 6) is 0. The molecule has 0 spiro atoms. The summed E-state index contributed by atoms with van der Waals surface area (Å²) >= 11 is 0. The largest absolute Gasteiger partial charge is 0.353 e. The second-order valence-corrected chi connectivity index (χ2v) is 6.51. The van der Waals surface area contributed by atoms with E-state index in [1.54, 1.807) is 0 Å². The van der Waals surface area contributed by atoms with E-state index in [2.05, 4.69) is 34.4 Å². The number of carbonyl (C=O) groups is 1. The third-order valence-corrected chi connectivity index (χ3v) is 4.79. The van der Waals surface area contributed by atoms with Crippen LogP contribution in [0.3, 0.4) is 0 Å². The van der Waals surface area contributed by atoms with Crippen LogP contribution in [0.1, 0.15) is 0 Å². The number of anilines is 1. The van der Waals surface area contributed by atoms with E-state index in [0.717, 1.165) is 54.0 Å². The molecule has 4 rings (SSSR count). The molecule has 2 N–H and O–H groups in total. The lowest BCUT2D eigenvalue weighted by molar-refractivity contribution is 0.164. The quantitative estimate of drug-likeness (QED) is 0.752. The van der Waals surface area contributed by atoms with Crippen molar-refractivity contribution < 1.29 is 4.79 Å². The Labute approximate surface area is 147 Å². The molecule has 2 amide bonds. The van der Waals surface area contributed by atoms with Gasteiger partial charge in [0.25, 0.3) is 0 Å². The van der Waals surface area contributed by atoms with Gasteiger partial charge in [-0.1, -0.05) is 48.5 Å². The Morgan fingerprint density at radius 2 is 1.64 bits per heavy atom. The molecule has 2 heterocycles. The fourth-order valence-electron chi connectivity index (χ4n) is 3.29. The number of para-hydroxylation sites is 1. The Bertz CT molecular complexity index is 879. The fourth-order valence-corrected chi connectivity index (χ4v) is 3.29. The number of aromatic amines is 1. The Morgan fingerprint density at radius 3 is 2.40 bits per heavy atom. The van der Waals surface area contributed by atoms with Crippen molar-refractivity contribution in [3.63, 3.8) is 0 Å². The van der Waals surface area contributed by atoms with Crippen LogP contribution in [0.2, 0.25) is 0 Å². The van der Waals surface area contributed by atoms with E-state index in [4.69, 9.17) is 0 Å². The summed E-state index contributed by atoms with van der Waals surface area (Å²) in [6.07, 6.45) is 0. The number of amides is 2. The normalized spacial score (nSPS) is 15.5. The van der Waals surface area contributed by atoms with E-state index in [9.17, 15) is 4.79 Å². The highest BCUT2D eigenvalue weighted by molar-refractivity contribution is 6.07. The van der Waals surface area contributed by atoms with Gasteiger partial charge in [0.05, 0.1) is 11.4 Å². The first-order chi connectivity index (χ1) is 12.2. The Morgan fingerprint density at radius 1 is 0.960 bits per heavy atom. The van der Waals surface area contributed by atoms with E-state index in [1.807, 2.05) is 47.4 Å². The lowest BCUT2D eigenvalue weighted by atomic mass is 10.1. The van der Waals surface area contributed by atoms with Crippen LogP contribution in [-0.4, -0.2) is 54.0 Å². The number of nitrogens with zero attached hydrogens (tertiary/aromatic N) is 2. The maximum Gasteiger partial charge on any atom is 0.322 e. The minimum atomic E-state index is -0.0324. The first-order valence-corrected chi connectivity index (χ1v) is 8.63. The van der Waals surface area contributed by atoms with E-state index in [1.165, 1.54) is 0 Å². The SMILES string of the molecule is CN1CCN(C(=O)Nc2c(-c3ccccc3)[nH]c3ccccc23)CC1. The number of H-pyrrole nitrogens is 1. The van der Waals surface area contributed by atoms with Crippen LogP contribution in [0.5, 0.6) is 0 Å². The van der Waals surface area contributed by atoms with Gasteiger partial charge in [0.2, 0.25) is 0 Å². The molecule has 0 bridgehead atoms. The molecule has 0 unspecified atom stereocenters. The van der Waals surface area contributed by atoms with Gasteiger partial charge in [-0.3, -0.25) is 0 Å². The molecule has 5 nitrogen and oxygen atoms in total. The number of urea groups is 1. The molecule has 1 saturated heterocycles. The third-order valence-electron chi connectivity index (χ3n) is 4.79. The van der Waals surface area contributed by atoms with E-state index in [0.29, 0.717) is 0 Å². The zero-order valence-corrected chi connectivity index (χ0v) is 14.3. The van der Waals surface area contributed by atoms with Gasteiger partial charge < -0.3 is 20.1 Å². The summed E-state index contributed by atoms with van der Waals surface area (Å²) in [6.45, 7) is 3.33. The van der Waals surface area contributed by atoms with Crippen LogP contribution in [0.15, 0.2) is 54.6 Å². The summed E-state index contributed by atoms with van der Waals surface area (Å²) < 4.78 is 0. The molecule has 0 aliphatic carbocycles. The van der Waals surface area contributed by atoms with Crippen molar-refractivity contribution in [1.29, 1.82) is 0 Å². The van der Waals surface area contributed by atoms with Crippen molar-refractivity contribution in [2.75, 3.05) is 38.5 Å². The lowest BCUT2D eigenvalue weighted by Crippen LogP contribution is -2.48. The summed E-state index contributed by atoms with van der Waals surface area (Å²) in [4.78, 5) is 20.4. The fraction of sp³-hybridized carbons (Fsp3) is 0.250. The number of rotatable bonds is 2. The highest BCUT2D eigenvalue weighted by atomic mass is 16.2. The van der Waals surface area contributed by atoms with Crippen LogP contribution in [0.4, 0.5) is 10.5 Å². The molecular weight excluding hydrogens is 312 g/mol. The van der Waals surface area contributed by atoms with Gasteiger partial charge in [0.15, 0.2) is 0 Å². The third kappa shape index (κ3) is 3.10. The van der Waals surface area contributed by atoms with Crippen LogP contribution < -0.4 is 5.32 Å². The van der Waals surface area contributed by atoms with E-state index >= 15 is 0 Å². The van der Waals surface area contributed by atoms with Crippen LogP contribution >= 0.6 is 0 Å². The molecular formula is C20H22N4O. The number of fused-ring (bicyclic) bond motifs is 1. The molecule has 2 aromatic carbocycles. The van der Waals surface area contributed by atoms with Crippen molar-refractivity contribution >= 4 is 22.6 Å². The second kappa shape index (κ2) is 6.61. The summed E-state index contributed by atoms with van der Waals surface area (Å²) in [5, 5.41) is 4.19. The van der Waals surface area contributed by atoms with Crippen molar-refractivity contribution in [2.45, 2.75) is 0 Å². The first kappa shape index (κ1) is 15.7. The summed E-state index contributed by atoms with van der Waals surface area (Å²) in [7, 11) is 2.09. The number of aromatic nitrogens is 1. The topological polar surface area (TPSA) is 51.4 Å². The van der Waals surface area contributed by atoms with Gasteiger partial charge in [-0.15, -0.1) is 0 Å². The first-order valence-electron chi connectivity index (χ1n) is 8.63. The highest BCUT2D eigenvalue weighted by Crippen LogP contribution is 2.35. The zero-order chi connectivity index (χ0) is 17.2. The molecule has 1 aliphatic rings. The standard InChI is InChI=1S/C20H22N4O/c1-23-11-13-24(14-12-23)20(25)22-19-16-9-5-6-10-17(16)21-18(19)15-7-3-2-4-8-15/h2-10,21H,11-14H2,1H3,(H,22,25). The molecule has 25 heavy (non-hydrogen) atoms. The van der Waals surface area contributed by atoms with Crippen molar-refractivity contribution in [3.8, 4) is 11.3 Å². The molecule has 0 atom stereocenters. The molecule has 0 saturated carbocycles. The van der Waals surface area contributed by atoms with Gasteiger partial charge in [-0.05, 0) is 13.1 Å². The maximum atomic E-state index is 12.8. The predicted molar refractivity (Wildman–Crippen MR) is 102 cm³/mol. The number of hydrogen-bond donors (Lipinski definition) is 2. The number of likely N-dealkylation sites (N-methyl/N-ethyl adjacent to an activating group) is 1. The minimum Gasteiger partial charge on any atom is -0.353 e. The smallest absolute Gasteiger partial charge is 0.322 e. The van der Waals surface area contributed by atoms with Gasteiger partial charge in [0.1, 0.15) is 0 Å². The molecule has 3 aromatic rings. The lowest BCUT2D eigenvalue weighted by Gasteiger charge is -2.32. The minimum absolute atomic E-state index is 0.0324. The van der Waals surface area contributed by atoms with Gasteiger partial charge in [0, 0.05) is 42.6 Å². The Hall–Kier alpha value is -2.79. The molecule has 1 fully saturated rings. The van der Waals surface area contributed by atoms with Crippen LogP contribution in [0.25, 0.3) is 22.2 Å². The number of hydrogen-bond acceptors (Lipinski definition) is 2. The van der Waals surface area contributed by atoms with Gasteiger partial charge >= 0.3 is 6.03 Å². The molecule has 5 heteroatoms. The van der Waals surface area contributed by atoms with Gasteiger partial charge in [-0.2, -0.15) is 0 Å².